The number of amides is 1. The van der Waals surface area contributed by atoms with E-state index in [1.165, 1.54) is 13.0 Å². The third-order valence-electron chi connectivity index (χ3n) is 3.72. The summed E-state index contributed by atoms with van der Waals surface area (Å²) >= 11 is 0. The van der Waals surface area contributed by atoms with Crippen LogP contribution in [0.2, 0.25) is 0 Å². The van der Waals surface area contributed by atoms with Gasteiger partial charge in [0.05, 0.1) is 6.54 Å². The minimum absolute atomic E-state index is 0.101. The largest absolute Gasteiger partial charge is 0.456 e. The molecule has 3 aromatic rings. The van der Waals surface area contributed by atoms with Crippen molar-refractivity contribution in [1.82, 2.24) is 15.1 Å². The zero-order chi connectivity index (χ0) is 18.7. The molecule has 0 aliphatic rings. The predicted octanol–water partition coefficient (Wildman–Crippen LogP) is 3.78. The van der Waals surface area contributed by atoms with Gasteiger partial charge in [-0.1, -0.05) is 12.1 Å². The van der Waals surface area contributed by atoms with E-state index < -0.39 is 17.8 Å². The minimum Gasteiger partial charge on any atom is -0.456 e. The molecule has 136 valence electrons. The van der Waals surface area contributed by atoms with Gasteiger partial charge in [-0.3, -0.25) is 9.48 Å². The number of furan rings is 1. The van der Waals surface area contributed by atoms with Crippen LogP contribution < -0.4 is 5.32 Å². The summed E-state index contributed by atoms with van der Waals surface area (Å²) < 4.78 is 45.2. The Bertz CT molecular complexity index is 899. The second kappa shape index (κ2) is 7.07. The Morgan fingerprint density at radius 2 is 2.08 bits per heavy atom. The molecule has 0 unspecified atom stereocenters. The van der Waals surface area contributed by atoms with Crippen molar-refractivity contribution in [1.29, 1.82) is 0 Å². The van der Waals surface area contributed by atoms with Gasteiger partial charge in [-0.05, 0) is 36.8 Å². The number of aromatic nitrogens is 2. The SMILES string of the molecule is Cc1cc(CNC(=O)c2cccc(Cn3cccn3)c2)c(C(F)(F)F)o1. The van der Waals surface area contributed by atoms with Crippen LogP contribution >= 0.6 is 0 Å². The van der Waals surface area contributed by atoms with E-state index >= 15 is 0 Å². The van der Waals surface area contributed by atoms with Gasteiger partial charge in [-0.25, -0.2) is 0 Å². The molecule has 0 aliphatic carbocycles. The maximum atomic E-state index is 12.9. The molecule has 5 nitrogen and oxygen atoms in total. The third-order valence-corrected chi connectivity index (χ3v) is 3.72. The van der Waals surface area contributed by atoms with Crippen LogP contribution in [-0.2, 0) is 19.3 Å². The molecule has 1 amide bonds. The number of alkyl halides is 3. The molecule has 2 heterocycles. The van der Waals surface area contributed by atoms with Gasteiger partial charge in [-0.15, -0.1) is 0 Å². The smallest absolute Gasteiger partial charge is 0.449 e. The fourth-order valence-corrected chi connectivity index (χ4v) is 2.61. The van der Waals surface area contributed by atoms with Gasteiger partial charge < -0.3 is 9.73 Å². The molecular weight excluding hydrogens is 347 g/mol. The zero-order valence-corrected chi connectivity index (χ0v) is 13.9. The summed E-state index contributed by atoms with van der Waals surface area (Å²) in [7, 11) is 0. The first kappa shape index (κ1) is 17.8. The number of hydrogen-bond acceptors (Lipinski definition) is 3. The van der Waals surface area contributed by atoms with E-state index in [0.717, 1.165) is 5.56 Å². The van der Waals surface area contributed by atoms with Gasteiger partial charge >= 0.3 is 6.18 Å². The summed E-state index contributed by atoms with van der Waals surface area (Å²) in [5.74, 6) is -1.40. The summed E-state index contributed by atoms with van der Waals surface area (Å²) in [5, 5.41) is 6.60. The molecule has 26 heavy (non-hydrogen) atoms. The highest BCUT2D eigenvalue weighted by Gasteiger charge is 2.37. The van der Waals surface area contributed by atoms with Crippen LogP contribution in [0.4, 0.5) is 13.2 Å². The molecule has 0 bridgehead atoms. The van der Waals surface area contributed by atoms with E-state index in [4.69, 9.17) is 4.42 Å². The van der Waals surface area contributed by atoms with Crippen molar-refractivity contribution in [3.05, 3.63) is 77.0 Å². The van der Waals surface area contributed by atoms with E-state index in [1.807, 2.05) is 6.07 Å². The first-order valence-electron chi connectivity index (χ1n) is 7.84. The number of aryl methyl sites for hydroxylation is 1. The second-order valence-electron chi connectivity index (χ2n) is 5.80. The third kappa shape index (κ3) is 4.14. The van der Waals surface area contributed by atoms with Crippen LogP contribution in [0.5, 0.6) is 0 Å². The maximum Gasteiger partial charge on any atom is 0.449 e. The number of hydrogen-bond donors (Lipinski definition) is 1. The van der Waals surface area contributed by atoms with Gasteiger partial charge in [0.25, 0.3) is 5.91 Å². The number of nitrogens with zero attached hydrogens (tertiary/aromatic N) is 2. The summed E-state index contributed by atoms with van der Waals surface area (Å²) in [6.45, 7) is 1.65. The quantitative estimate of drug-likeness (QED) is 0.750. The van der Waals surface area contributed by atoms with Crippen LogP contribution in [0, 0.1) is 6.92 Å². The Morgan fingerprint density at radius 3 is 2.77 bits per heavy atom. The van der Waals surface area contributed by atoms with Crippen LogP contribution in [0.15, 0.2) is 53.2 Å². The van der Waals surface area contributed by atoms with Crippen molar-refractivity contribution in [3.8, 4) is 0 Å². The van der Waals surface area contributed by atoms with Crippen molar-refractivity contribution in [3.63, 3.8) is 0 Å². The van der Waals surface area contributed by atoms with Gasteiger partial charge in [0, 0.05) is 30.1 Å². The number of carbonyl (C=O) groups excluding carboxylic acids is 1. The highest BCUT2D eigenvalue weighted by Crippen LogP contribution is 2.34. The zero-order valence-electron chi connectivity index (χ0n) is 13.9. The molecule has 0 atom stereocenters. The van der Waals surface area contributed by atoms with Gasteiger partial charge in [-0.2, -0.15) is 18.3 Å². The molecule has 3 rings (SSSR count). The molecule has 0 fully saturated rings. The number of nitrogens with one attached hydrogen (secondary N) is 1. The first-order valence-corrected chi connectivity index (χ1v) is 7.84. The monoisotopic (exact) mass is 363 g/mol. The fraction of sp³-hybridized carbons (Fsp3) is 0.222. The molecule has 0 spiro atoms. The topological polar surface area (TPSA) is 60.1 Å². The van der Waals surface area contributed by atoms with Gasteiger partial charge in [0.2, 0.25) is 5.76 Å². The lowest BCUT2D eigenvalue weighted by Crippen LogP contribution is -2.24. The maximum absolute atomic E-state index is 12.9. The Labute approximate surface area is 147 Å². The summed E-state index contributed by atoms with van der Waals surface area (Å²) in [4.78, 5) is 12.3. The Hall–Kier alpha value is -3.03. The minimum atomic E-state index is -4.60. The average Bonchev–Trinajstić information content (AvgIpc) is 3.22. The van der Waals surface area contributed by atoms with Crippen LogP contribution in [0.1, 0.15) is 33.0 Å². The number of benzene rings is 1. The van der Waals surface area contributed by atoms with Crippen molar-refractivity contribution in [2.24, 2.45) is 0 Å². The molecule has 0 saturated carbocycles. The summed E-state index contributed by atoms with van der Waals surface area (Å²) in [6.07, 6.45) is -1.15. The van der Waals surface area contributed by atoms with Crippen molar-refractivity contribution < 1.29 is 22.4 Å². The molecule has 1 aromatic carbocycles. The van der Waals surface area contributed by atoms with Crippen LogP contribution in [-0.4, -0.2) is 15.7 Å². The number of carbonyl (C=O) groups is 1. The van der Waals surface area contributed by atoms with Crippen LogP contribution in [0.25, 0.3) is 0 Å². The Balaban J connectivity index is 1.69. The lowest BCUT2D eigenvalue weighted by molar-refractivity contribution is -0.154. The first-order chi connectivity index (χ1) is 12.3. The molecule has 0 saturated heterocycles. The van der Waals surface area contributed by atoms with E-state index in [0.29, 0.717) is 12.1 Å². The molecule has 8 heteroatoms. The normalized spacial score (nSPS) is 11.5. The molecule has 2 aromatic heterocycles. The van der Waals surface area contributed by atoms with Gasteiger partial charge in [0.15, 0.2) is 0 Å². The van der Waals surface area contributed by atoms with E-state index in [1.54, 1.807) is 41.3 Å². The van der Waals surface area contributed by atoms with Crippen molar-refractivity contribution in [2.75, 3.05) is 0 Å². The fourth-order valence-electron chi connectivity index (χ4n) is 2.61. The highest BCUT2D eigenvalue weighted by molar-refractivity contribution is 5.94. The lowest BCUT2D eigenvalue weighted by Gasteiger charge is -2.09. The standard InChI is InChI=1S/C18H16F3N3O2/c1-12-8-15(16(26-12)18(19,20)21)10-22-17(25)14-5-2-4-13(9-14)11-24-7-3-6-23-24/h2-9H,10-11H2,1H3,(H,22,25). The summed E-state index contributed by atoms with van der Waals surface area (Å²) in [6, 6.07) is 9.92. The van der Waals surface area contributed by atoms with Crippen LogP contribution in [0.3, 0.4) is 0 Å². The Kier molecular flexibility index (Phi) is 4.83. The second-order valence-corrected chi connectivity index (χ2v) is 5.80. The lowest BCUT2D eigenvalue weighted by atomic mass is 10.1. The van der Waals surface area contributed by atoms with Gasteiger partial charge in [0.1, 0.15) is 5.76 Å². The molecule has 0 radical (unpaired) electrons. The Morgan fingerprint density at radius 1 is 1.27 bits per heavy atom. The van der Waals surface area contributed by atoms with E-state index in [-0.39, 0.29) is 17.9 Å². The van der Waals surface area contributed by atoms with Crippen molar-refractivity contribution in [2.45, 2.75) is 26.2 Å². The molecular formula is C18H16F3N3O2. The molecule has 1 N–H and O–H groups in total. The van der Waals surface area contributed by atoms with E-state index in [9.17, 15) is 18.0 Å². The predicted molar refractivity (Wildman–Crippen MR) is 87.4 cm³/mol. The van der Waals surface area contributed by atoms with Crippen molar-refractivity contribution >= 4 is 5.91 Å². The summed E-state index contributed by atoms with van der Waals surface area (Å²) in [5.41, 5.74) is 1.12. The average molecular weight is 363 g/mol. The molecule has 0 aliphatic heterocycles. The van der Waals surface area contributed by atoms with E-state index in [2.05, 4.69) is 10.4 Å². The number of halogens is 3. The number of rotatable bonds is 5. The highest BCUT2D eigenvalue weighted by atomic mass is 19.4.